The van der Waals surface area contributed by atoms with E-state index in [-0.39, 0.29) is 21.3 Å². The first-order valence-corrected chi connectivity index (χ1v) is 11.3. The Bertz CT molecular complexity index is 1260. The molecule has 0 bridgehead atoms. The molecule has 6 nitrogen and oxygen atoms in total. The number of halogens is 2. The number of amides is 2. The molecule has 0 aliphatic carbocycles. The fourth-order valence-electron chi connectivity index (χ4n) is 3.25. The van der Waals surface area contributed by atoms with Gasteiger partial charge in [-0.3, -0.25) is 9.59 Å². The van der Waals surface area contributed by atoms with Gasteiger partial charge in [-0.15, -0.1) is 0 Å². The summed E-state index contributed by atoms with van der Waals surface area (Å²) < 4.78 is 10.7. The molecular weight excluding hydrogens is 483 g/mol. The van der Waals surface area contributed by atoms with Crippen LogP contribution in [-0.2, 0) is 9.59 Å². The first-order chi connectivity index (χ1) is 15.9. The molecule has 1 aliphatic heterocycles. The fourth-order valence-corrected chi connectivity index (χ4v) is 4.69. The van der Waals surface area contributed by atoms with E-state index in [9.17, 15) is 9.59 Å². The third-order valence-electron chi connectivity index (χ3n) is 4.82. The smallest absolute Gasteiger partial charge is 0.283 e. The lowest BCUT2D eigenvalue weighted by atomic mass is 10.2. The van der Waals surface area contributed by atoms with Crippen molar-refractivity contribution in [3.8, 4) is 11.5 Å². The summed E-state index contributed by atoms with van der Waals surface area (Å²) in [7, 11) is 3.05. The van der Waals surface area contributed by atoms with Crippen molar-refractivity contribution in [2.75, 3.05) is 24.4 Å². The molecule has 0 saturated heterocycles. The van der Waals surface area contributed by atoms with Gasteiger partial charge in [0.15, 0.2) is 0 Å². The maximum Gasteiger partial charge on any atom is 0.283 e. The fraction of sp³-hybridized carbons (Fsp3) is 0.0833. The highest BCUT2D eigenvalue weighted by Gasteiger charge is 2.41. The molecule has 0 aromatic heterocycles. The Morgan fingerprint density at radius 1 is 0.879 bits per heavy atom. The van der Waals surface area contributed by atoms with Crippen LogP contribution in [0.25, 0.3) is 0 Å². The highest BCUT2D eigenvalue weighted by molar-refractivity contribution is 8.04. The van der Waals surface area contributed by atoms with Gasteiger partial charge in [-0.2, -0.15) is 0 Å². The normalized spacial score (nSPS) is 13.5. The van der Waals surface area contributed by atoms with Crippen molar-refractivity contribution in [2.24, 2.45) is 0 Å². The number of carbonyl (C=O) groups excluding carboxylic acids is 2. The third kappa shape index (κ3) is 4.66. The van der Waals surface area contributed by atoms with Crippen molar-refractivity contribution in [3.63, 3.8) is 0 Å². The van der Waals surface area contributed by atoms with Crippen LogP contribution < -0.4 is 19.7 Å². The monoisotopic (exact) mass is 500 g/mol. The number of benzene rings is 3. The summed E-state index contributed by atoms with van der Waals surface area (Å²) in [6.07, 6.45) is 0. The lowest BCUT2D eigenvalue weighted by Gasteiger charge is -2.17. The number of nitrogens with one attached hydrogen (secondary N) is 1. The number of imide groups is 1. The van der Waals surface area contributed by atoms with E-state index in [1.54, 1.807) is 30.3 Å². The van der Waals surface area contributed by atoms with Gasteiger partial charge < -0.3 is 14.8 Å². The molecule has 1 heterocycles. The maximum atomic E-state index is 13.5. The Labute approximate surface area is 205 Å². The third-order valence-corrected chi connectivity index (χ3v) is 6.45. The Morgan fingerprint density at radius 2 is 1.64 bits per heavy atom. The maximum absolute atomic E-state index is 13.5. The molecule has 3 aromatic rings. The van der Waals surface area contributed by atoms with Crippen LogP contribution in [0.4, 0.5) is 11.4 Å². The standard InChI is InChI=1S/C24H18Cl2N2O4S/c1-31-15-9-11-20(32-2)18(13-15)27-21-22(33-16-6-4-3-5-7-16)24(30)28(23(21)29)19-10-8-14(25)12-17(19)26/h3-13,27H,1-2H3. The number of nitrogens with zero attached hydrogens (tertiary/aromatic N) is 1. The highest BCUT2D eigenvalue weighted by Crippen LogP contribution is 2.41. The number of thioether (sulfide) groups is 1. The second-order valence-electron chi connectivity index (χ2n) is 6.85. The van der Waals surface area contributed by atoms with Gasteiger partial charge >= 0.3 is 0 Å². The zero-order valence-corrected chi connectivity index (χ0v) is 19.9. The molecule has 2 amide bonds. The Balaban J connectivity index is 1.80. The minimum atomic E-state index is -0.549. The van der Waals surface area contributed by atoms with Gasteiger partial charge in [0.2, 0.25) is 0 Å². The second-order valence-corrected chi connectivity index (χ2v) is 8.78. The van der Waals surface area contributed by atoms with Crippen LogP contribution >= 0.6 is 35.0 Å². The zero-order valence-electron chi connectivity index (χ0n) is 17.6. The minimum absolute atomic E-state index is 0.103. The quantitative estimate of drug-likeness (QED) is 0.401. The van der Waals surface area contributed by atoms with Crippen molar-refractivity contribution in [1.82, 2.24) is 0 Å². The van der Waals surface area contributed by atoms with E-state index >= 15 is 0 Å². The molecule has 1 aliphatic rings. The number of carbonyl (C=O) groups is 2. The lowest BCUT2D eigenvalue weighted by Crippen LogP contribution is -2.32. The summed E-state index contributed by atoms with van der Waals surface area (Å²) in [6.45, 7) is 0. The molecule has 0 saturated carbocycles. The molecule has 4 rings (SSSR count). The van der Waals surface area contributed by atoms with Crippen molar-refractivity contribution in [1.29, 1.82) is 0 Å². The van der Waals surface area contributed by atoms with Crippen molar-refractivity contribution >= 4 is 58.2 Å². The van der Waals surface area contributed by atoms with Gasteiger partial charge in [-0.25, -0.2) is 4.90 Å². The first-order valence-electron chi connectivity index (χ1n) is 9.73. The summed E-state index contributed by atoms with van der Waals surface area (Å²) >= 11 is 13.5. The Morgan fingerprint density at radius 3 is 2.30 bits per heavy atom. The summed E-state index contributed by atoms with van der Waals surface area (Å²) in [6, 6.07) is 19.0. The van der Waals surface area contributed by atoms with Crippen LogP contribution in [0.5, 0.6) is 11.5 Å². The number of methoxy groups -OCH3 is 2. The molecule has 9 heteroatoms. The molecule has 0 radical (unpaired) electrons. The van der Waals surface area contributed by atoms with Crippen LogP contribution in [0.3, 0.4) is 0 Å². The summed E-state index contributed by atoms with van der Waals surface area (Å²) in [4.78, 5) is 29.1. The molecule has 0 unspecified atom stereocenters. The Hall–Kier alpha value is -3.13. The molecule has 0 fully saturated rings. The van der Waals surface area contributed by atoms with E-state index in [1.807, 2.05) is 30.3 Å². The van der Waals surface area contributed by atoms with Crippen LogP contribution in [0, 0.1) is 0 Å². The molecule has 0 spiro atoms. The topological polar surface area (TPSA) is 67.9 Å². The molecule has 3 aromatic carbocycles. The summed E-state index contributed by atoms with van der Waals surface area (Å²) in [5.41, 5.74) is 0.825. The molecular formula is C24H18Cl2N2O4S. The van der Waals surface area contributed by atoms with E-state index in [1.165, 1.54) is 32.0 Å². The first kappa shape index (κ1) is 23.0. The average Bonchev–Trinajstić information content (AvgIpc) is 3.04. The van der Waals surface area contributed by atoms with Crippen LogP contribution in [-0.4, -0.2) is 26.0 Å². The van der Waals surface area contributed by atoms with Crippen molar-refractivity contribution in [3.05, 3.63) is 87.4 Å². The van der Waals surface area contributed by atoms with E-state index in [0.29, 0.717) is 22.2 Å². The van der Waals surface area contributed by atoms with Crippen molar-refractivity contribution in [2.45, 2.75) is 4.90 Å². The highest BCUT2D eigenvalue weighted by atomic mass is 35.5. The number of hydrogen-bond donors (Lipinski definition) is 1. The lowest BCUT2D eigenvalue weighted by molar-refractivity contribution is -0.120. The van der Waals surface area contributed by atoms with Gasteiger partial charge in [-0.05, 0) is 42.5 Å². The van der Waals surface area contributed by atoms with Crippen LogP contribution in [0.1, 0.15) is 0 Å². The van der Waals surface area contributed by atoms with E-state index in [2.05, 4.69) is 5.32 Å². The van der Waals surface area contributed by atoms with E-state index in [4.69, 9.17) is 32.7 Å². The number of ether oxygens (including phenoxy) is 2. The molecule has 168 valence electrons. The van der Waals surface area contributed by atoms with E-state index < -0.39 is 11.8 Å². The number of anilines is 2. The van der Waals surface area contributed by atoms with Crippen molar-refractivity contribution < 1.29 is 19.1 Å². The minimum Gasteiger partial charge on any atom is -0.497 e. The average molecular weight is 501 g/mol. The second kappa shape index (κ2) is 9.79. The molecule has 33 heavy (non-hydrogen) atoms. The molecule has 0 atom stereocenters. The molecule has 1 N–H and O–H groups in total. The predicted octanol–water partition coefficient (Wildman–Crippen LogP) is 6.00. The number of rotatable bonds is 7. The van der Waals surface area contributed by atoms with Gasteiger partial charge in [0.1, 0.15) is 22.1 Å². The largest absolute Gasteiger partial charge is 0.497 e. The SMILES string of the molecule is COc1ccc(OC)c(NC2=C(Sc3ccccc3)C(=O)N(c3ccc(Cl)cc3Cl)C2=O)c1. The zero-order chi connectivity index (χ0) is 23.5. The van der Waals surface area contributed by atoms with E-state index in [0.717, 1.165) is 9.80 Å². The van der Waals surface area contributed by atoms with Gasteiger partial charge in [-0.1, -0.05) is 53.2 Å². The van der Waals surface area contributed by atoms with Gasteiger partial charge in [0.25, 0.3) is 11.8 Å². The van der Waals surface area contributed by atoms with Gasteiger partial charge in [0.05, 0.1) is 30.6 Å². The summed E-state index contributed by atoms with van der Waals surface area (Å²) in [5.74, 6) is -0.00362. The predicted molar refractivity (Wildman–Crippen MR) is 131 cm³/mol. The Kier molecular flexibility index (Phi) is 6.83. The van der Waals surface area contributed by atoms with Gasteiger partial charge in [0, 0.05) is 16.0 Å². The summed E-state index contributed by atoms with van der Waals surface area (Å²) in [5, 5.41) is 3.67. The van der Waals surface area contributed by atoms with Crippen LogP contribution in [0.2, 0.25) is 10.0 Å². The van der Waals surface area contributed by atoms with Crippen LogP contribution in [0.15, 0.2) is 82.2 Å². The number of hydrogen-bond acceptors (Lipinski definition) is 6.